The maximum absolute atomic E-state index is 12.5. The smallest absolute Gasteiger partial charge is 0.326 e. The summed E-state index contributed by atoms with van der Waals surface area (Å²) in [5, 5.41) is 18.1. The van der Waals surface area contributed by atoms with Crippen LogP contribution in [0, 0.1) is 6.92 Å². The standard InChI is InChI=1S/C16H15NO5S2/c1-9-2-4-10(5-3-9)8-12-14(20)17(16(23)24-12)11(15(21)22)6-7-13(18)19/h2-5,8,11H,6-7H2,1H3,(H,18,19)(H,21,22)/b12-8-/t11-/m0/s1. The molecule has 0 aliphatic carbocycles. The lowest BCUT2D eigenvalue weighted by molar-refractivity contribution is -0.146. The van der Waals surface area contributed by atoms with Crippen LogP contribution in [0.4, 0.5) is 0 Å². The van der Waals surface area contributed by atoms with Crippen LogP contribution >= 0.6 is 24.0 Å². The van der Waals surface area contributed by atoms with E-state index in [1.807, 2.05) is 31.2 Å². The molecule has 8 heteroatoms. The zero-order valence-corrected chi connectivity index (χ0v) is 14.4. The van der Waals surface area contributed by atoms with Crippen molar-refractivity contribution in [2.45, 2.75) is 25.8 Å². The summed E-state index contributed by atoms with van der Waals surface area (Å²) >= 11 is 6.14. The van der Waals surface area contributed by atoms with Gasteiger partial charge in [0.1, 0.15) is 10.4 Å². The topological polar surface area (TPSA) is 94.9 Å². The summed E-state index contributed by atoms with van der Waals surface area (Å²) in [4.78, 5) is 35.9. The highest BCUT2D eigenvalue weighted by atomic mass is 32.2. The quantitative estimate of drug-likeness (QED) is 0.591. The number of aliphatic carboxylic acids is 2. The molecule has 0 spiro atoms. The van der Waals surface area contributed by atoms with Gasteiger partial charge < -0.3 is 10.2 Å². The summed E-state index contributed by atoms with van der Waals surface area (Å²) in [6, 6.07) is 6.22. The van der Waals surface area contributed by atoms with Gasteiger partial charge >= 0.3 is 11.9 Å². The van der Waals surface area contributed by atoms with Gasteiger partial charge in [-0.25, -0.2) is 4.79 Å². The number of hydrogen-bond donors (Lipinski definition) is 2. The van der Waals surface area contributed by atoms with Crippen LogP contribution in [0.3, 0.4) is 0 Å². The average Bonchev–Trinajstić information content (AvgIpc) is 2.77. The van der Waals surface area contributed by atoms with Crippen LogP contribution in [0.1, 0.15) is 24.0 Å². The molecule has 1 heterocycles. The van der Waals surface area contributed by atoms with Crippen molar-refractivity contribution in [1.82, 2.24) is 4.90 Å². The fourth-order valence-electron chi connectivity index (χ4n) is 2.19. The molecule has 1 aliphatic rings. The van der Waals surface area contributed by atoms with E-state index in [2.05, 4.69) is 0 Å². The predicted octanol–water partition coefficient (Wildman–Crippen LogP) is 2.51. The van der Waals surface area contributed by atoms with Gasteiger partial charge in [-0.2, -0.15) is 0 Å². The van der Waals surface area contributed by atoms with Gasteiger partial charge in [0.05, 0.1) is 4.91 Å². The van der Waals surface area contributed by atoms with Crippen LogP contribution in [0.2, 0.25) is 0 Å². The number of amides is 1. The second kappa shape index (κ2) is 7.59. The van der Waals surface area contributed by atoms with Crippen molar-refractivity contribution in [3.63, 3.8) is 0 Å². The Hall–Kier alpha value is -2.19. The van der Waals surface area contributed by atoms with E-state index in [4.69, 9.17) is 17.3 Å². The number of aryl methyl sites for hydroxylation is 1. The van der Waals surface area contributed by atoms with Crippen molar-refractivity contribution in [3.8, 4) is 0 Å². The van der Waals surface area contributed by atoms with E-state index in [-0.39, 0.29) is 17.2 Å². The van der Waals surface area contributed by atoms with Gasteiger partial charge in [-0.05, 0) is 25.0 Å². The number of rotatable bonds is 6. The molecule has 0 unspecified atom stereocenters. The third-order valence-electron chi connectivity index (χ3n) is 3.43. The Balaban J connectivity index is 2.24. The maximum atomic E-state index is 12.5. The molecule has 24 heavy (non-hydrogen) atoms. The summed E-state index contributed by atoms with van der Waals surface area (Å²) in [7, 11) is 0. The lowest BCUT2D eigenvalue weighted by Gasteiger charge is -2.22. The van der Waals surface area contributed by atoms with Gasteiger partial charge in [0, 0.05) is 6.42 Å². The summed E-state index contributed by atoms with van der Waals surface area (Å²) in [5.41, 5.74) is 1.89. The molecule has 0 saturated carbocycles. The number of nitrogens with zero attached hydrogens (tertiary/aromatic N) is 1. The van der Waals surface area contributed by atoms with E-state index >= 15 is 0 Å². The van der Waals surface area contributed by atoms with Crippen LogP contribution in [0.25, 0.3) is 6.08 Å². The van der Waals surface area contributed by atoms with Gasteiger partial charge in [-0.3, -0.25) is 14.5 Å². The predicted molar refractivity (Wildman–Crippen MR) is 94.5 cm³/mol. The molecule has 6 nitrogen and oxygen atoms in total. The summed E-state index contributed by atoms with van der Waals surface area (Å²) in [6.45, 7) is 1.95. The third kappa shape index (κ3) is 4.21. The van der Waals surface area contributed by atoms with Crippen LogP contribution in [0.5, 0.6) is 0 Å². The maximum Gasteiger partial charge on any atom is 0.326 e. The Morgan fingerprint density at radius 3 is 2.46 bits per heavy atom. The molecule has 0 aromatic heterocycles. The van der Waals surface area contributed by atoms with Crippen molar-refractivity contribution in [3.05, 3.63) is 40.3 Å². The summed E-state index contributed by atoms with van der Waals surface area (Å²) in [6.07, 6.45) is 1.09. The monoisotopic (exact) mass is 365 g/mol. The normalized spacial score (nSPS) is 17.4. The third-order valence-corrected chi connectivity index (χ3v) is 4.76. The molecule has 2 rings (SSSR count). The molecule has 1 amide bonds. The second-order valence-corrected chi connectivity index (χ2v) is 6.92. The highest BCUT2D eigenvalue weighted by Gasteiger charge is 2.40. The Morgan fingerprint density at radius 2 is 1.92 bits per heavy atom. The van der Waals surface area contributed by atoms with Crippen LogP contribution in [-0.4, -0.2) is 43.3 Å². The lowest BCUT2D eigenvalue weighted by Crippen LogP contribution is -2.44. The molecular formula is C16H15NO5S2. The second-order valence-electron chi connectivity index (χ2n) is 5.25. The van der Waals surface area contributed by atoms with E-state index in [1.54, 1.807) is 6.08 Å². The van der Waals surface area contributed by atoms with Crippen molar-refractivity contribution in [1.29, 1.82) is 0 Å². The number of carbonyl (C=O) groups excluding carboxylic acids is 1. The number of hydrogen-bond acceptors (Lipinski definition) is 5. The van der Waals surface area contributed by atoms with E-state index in [9.17, 15) is 19.5 Å². The molecule has 1 aromatic carbocycles. The van der Waals surface area contributed by atoms with Gasteiger partial charge in [0.15, 0.2) is 0 Å². The van der Waals surface area contributed by atoms with E-state index < -0.39 is 23.9 Å². The number of thiocarbonyl (C=S) groups is 1. The van der Waals surface area contributed by atoms with Crippen LogP contribution in [-0.2, 0) is 14.4 Å². The first-order valence-corrected chi connectivity index (χ1v) is 8.30. The molecule has 1 fully saturated rings. The fraction of sp³-hybridized carbons (Fsp3) is 0.250. The molecule has 2 N–H and O–H groups in total. The zero-order valence-electron chi connectivity index (χ0n) is 12.8. The molecule has 0 bridgehead atoms. The SMILES string of the molecule is Cc1ccc(/C=C2\SC(=S)N([C@@H](CCC(=O)O)C(=O)O)C2=O)cc1. The first kappa shape index (κ1) is 18.2. The minimum atomic E-state index is -1.28. The van der Waals surface area contributed by atoms with Gasteiger partial charge in [0.25, 0.3) is 5.91 Å². The molecular weight excluding hydrogens is 350 g/mol. The highest BCUT2D eigenvalue weighted by molar-refractivity contribution is 8.26. The van der Waals surface area contributed by atoms with E-state index in [0.717, 1.165) is 27.8 Å². The number of carbonyl (C=O) groups is 3. The zero-order chi connectivity index (χ0) is 17.9. The van der Waals surface area contributed by atoms with Crippen molar-refractivity contribution in [2.24, 2.45) is 0 Å². The summed E-state index contributed by atoms with van der Waals surface area (Å²) in [5.74, 6) is -2.91. The number of carboxylic acids is 2. The van der Waals surface area contributed by atoms with Gasteiger partial charge in [0.2, 0.25) is 0 Å². The Bertz CT molecular complexity index is 726. The molecule has 1 aromatic rings. The van der Waals surface area contributed by atoms with E-state index in [0.29, 0.717) is 4.91 Å². The minimum Gasteiger partial charge on any atom is -0.481 e. The van der Waals surface area contributed by atoms with Crippen molar-refractivity contribution in [2.75, 3.05) is 0 Å². The lowest BCUT2D eigenvalue weighted by atomic mass is 10.1. The summed E-state index contributed by atoms with van der Waals surface area (Å²) < 4.78 is 0.121. The van der Waals surface area contributed by atoms with Crippen molar-refractivity contribution >= 4 is 52.2 Å². The Morgan fingerprint density at radius 1 is 1.29 bits per heavy atom. The van der Waals surface area contributed by atoms with Crippen molar-refractivity contribution < 1.29 is 24.6 Å². The Labute approximate surface area is 148 Å². The first-order valence-electron chi connectivity index (χ1n) is 7.08. The van der Waals surface area contributed by atoms with Gasteiger partial charge in [-0.1, -0.05) is 53.8 Å². The molecule has 1 atom stereocenters. The van der Waals surface area contributed by atoms with E-state index in [1.165, 1.54) is 0 Å². The van der Waals surface area contributed by atoms with Crippen LogP contribution in [0.15, 0.2) is 29.2 Å². The number of thioether (sulfide) groups is 1. The fourth-order valence-corrected chi connectivity index (χ4v) is 3.54. The van der Waals surface area contributed by atoms with Crippen LogP contribution < -0.4 is 0 Å². The molecule has 0 radical (unpaired) electrons. The average molecular weight is 365 g/mol. The minimum absolute atomic E-state index is 0.121. The largest absolute Gasteiger partial charge is 0.481 e. The molecule has 1 saturated heterocycles. The molecule has 1 aliphatic heterocycles. The highest BCUT2D eigenvalue weighted by Crippen LogP contribution is 2.34. The van der Waals surface area contributed by atoms with Gasteiger partial charge in [-0.15, -0.1) is 0 Å². The number of carboxylic acid groups (broad SMARTS) is 2. The number of benzene rings is 1. The molecule has 126 valence electrons. The Kier molecular flexibility index (Phi) is 5.74. The first-order chi connectivity index (χ1) is 11.3.